The Balaban J connectivity index is 1.82. The van der Waals surface area contributed by atoms with Crippen LogP contribution in [-0.4, -0.2) is 37.2 Å². The fraction of sp³-hybridized carbons (Fsp3) is 0.238. The van der Waals surface area contributed by atoms with Gasteiger partial charge in [0.05, 0.1) is 19.8 Å². The Hall–Kier alpha value is -3.88. The third kappa shape index (κ3) is 4.75. The average Bonchev–Trinajstić information content (AvgIpc) is 2.77. The molecule has 0 unspecified atom stereocenters. The largest absolute Gasteiger partial charge is 0.618 e. The number of carbonyl (C=O) groups is 2. The van der Waals surface area contributed by atoms with E-state index < -0.39 is 18.5 Å². The molecular weight excluding hydrogens is 392 g/mol. The number of carbonyl (C=O) groups excluding carboxylic acids is 2. The standard InChI is InChI=1S/C21H20N2O7/c1-3-28-15-9-10-16-18(11-15)23(26)20(21(25)27-2)17(22-16)12-30-19(24)13-29-14-7-5-4-6-8-14/h4-11H,3,12-13H2,1-2H3. The lowest BCUT2D eigenvalue weighted by molar-refractivity contribution is -0.581. The highest BCUT2D eigenvalue weighted by Gasteiger charge is 2.28. The van der Waals surface area contributed by atoms with Crippen LogP contribution < -0.4 is 14.2 Å². The zero-order valence-corrected chi connectivity index (χ0v) is 16.5. The number of rotatable bonds is 8. The Morgan fingerprint density at radius 2 is 1.83 bits per heavy atom. The van der Waals surface area contributed by atoms with Gasteiger partial charge in [-0.3, -0.25) is 0 Å². The molecule has 0 amide bonds. The van der Waals surface area contributed by atoms with Gasteiger partial charge < -0.3 is 24.2 Å². The number of fused-ring (bicyclic) bond motifs is 1. The fourth-order valence-corrected chi connectivity index (χ4v) is 2.70. The van der Waals surface area contributed by atoms with Crippen molar-refractivity contribution in [3.05, 3.63) is 65.1 Å². The van der Waals surface area contributed by atoms with Gasteiger partial charge >= 0.3 is 17.6 Å². The van der Waals surface area contributed by atoms with Gasteiger partial charge in [-0.1, -0.05) is 18.2 Å². The molecule has 9 heteroatoms. The van der Waals surface area contributed by atoms with Crippen LogP contribution >= 0.6 is 0 Å². The first-order chi connectivity index (χ1) is 14.5. The van der Waals surface area contributed by atoms with Crippen molar-refractivity contribution in [2.45, 2.75) is 13.5 Å². The number of esters is 2. The van der Waals surface area contributed by atoms with Gasteiger partial charge in [0.2, 0.25) is 5.52 Å². The van der Waals surface area contributed by atoms with Crippen LogP contribution in [0.4, 0.5) is 0 Å². The van der Waals surface area contributed by atoms with E-state index in [4.69, 9.17) is 18.9 Å². The molecule has 1 aromatic heterocycles. The molecule has 0 aliphatic rings. The predicted octanol–water partition coefficient (Wildman–Crippen LogP) is 2.18. The molecule has 0 aliphatic carbocycles. The second kappa shape index (κ2) is 9.55. The quantitative estimate of drug-likeness (QED) is 0.314. The third-order valence-corrected chi connectivity index (χ3v) is 4.06. The zero-order chi connectivity index (χ0) is 21.5. The van der Waals surface area contributed by atoms with Crippen LogP contribution in [0.1, 0.15) is 23.1 Å². The van der Waals surface area contributed by atoms with Crippen molar-refractivity contribution < 1.29 is 33.3 Å². The minimum atomic E-state index is -0.896. The number of para-hydroxylation sites is 1. The van der Waals surface area contributed by atoms with Gasteiger partial charge in [-0.05, 0) is 31.2 Å². The lowest BCUT2D eigenvalue weighted by Gasteiger charge is -2.12. The molecule has 0 bridgehead atoms. The lowest BCUT2D eigenvalue weighted by atomic mass is 10.2. The molecule has 0 spiro atoms. The van der Waals surface area contributed by atoms with Gasteiger partial charge in [0, 0.05) is 0 Å². The summed E-state index contributed by atoms with van der Waals surface area (Å²) in [5.74, 6) is -0.603. The van der Waals surface area contributed by atoms with E-state index in [2.05, 4.69) is 4.98 Å². The minimum Gasteiger partial charge on any atom is -0.618 e. The van der Waals surface area contributed by atoms with Crippen LogP contribution in [0.15, 0.2) is 48.5 Å². The molecule has 9 nitrogen and oxygen atoms in total. The van der Waals surface area contributed by atoms with E-state index in [-0.39, 0.29) is 23.5 Å². The van der Waals surface area contributed by atoms with Crippen molar-refractivity contribution in [1.82, 2.24) is 4.98 Å². The molecular formula is C21H20N2O7. The Bertz CT molecular complexity index is 1050. The van der Waals surface area contributed by atoms with Crippen LogP contribution in [0, 0.1) is 5.21 Å². The second-order valence-electron chi connectivity index (χ2n) is 6.04. The van der Waals surface area contributed by atoms with Crippen molar-refractivity contribution in [1.29, 1.82) is 0 Å². The highest BCUT2D eigenvalue weighted by molar-refractivity contribution is 5.88. The monoisotopic (exact) mass is 412 g/mol. The molecule has 1 heterocycles. The van der Waals surface area contributed by atoms with E-state index >= 15 is 0 Å². The molecule has 0 saturated heterocycles. The smallest absolute Gasteiger partial charge is 0.406 e. The summed E-state index contributed by atoms with van der Waals surface area (Å²) in [5.41, 5.74) is 0.0496. The molecule has 0 radical (unpaired) electrons. The summed E-state index contributed by atoms with van der Waals surface area (Å²) >= 11 is 0. The molecule has 156 valence electrons. The maximum absolute atomic E-state index is 12.8. The molecule has 0 aliphatic heterocycles. The number of ether oxygens (including phenoxy) is 4. The number of hydrogen-bond donors (Lipinski definition) is 0. The highest BCUT2D eigenvalue weighted by atomic mass is 16.6. The summed E-state index contributed by atoms with van der Waals surface area (Å²) in [4.78, 5) is 28.5. The minimum absolute atomic E-state index is 0.0263. The van der Waals surface area contributed by atoms with Crippen molar-refractivity contribution in [2.75, 3.05) is 20.3 Å². The Kier molecular flexibility index (Phi) is 6.63. The first-order valence-electron chi connectivity index (χ1n) is 9.14. The van der Waals surface area contributed by atoms with Gasteiger partial charge in [-0.25, -0.2) is 14.6 Å². The molecule has 0 N–H and O–H groups in total. The predicted molar refractivity (Wildman–Crippen MR) is 105 cm³/mol. The van der Waals surface area contributed by atoms with Gasteiger partial charge in [0.1, 0.15) is 23.6 Å². The molecule has 3 rings (SSSR count). The van der Waals surface area contributed by atoms with Crippen molar-refractivity contribution >= 4 is 23.0 Å². The lowest BCUT2D eigenvalue weighted by Crippen LogP contribution is -2.38. The molecule has 0 atom stereocenters. The fourth-order valence-electron chi connectivity index (χ4n) is 2.70. The summed E-state index contributed by atoms with van der Waals surface area (Å²) < 4.78 is 21.0. The molecule has 0 saturated carbocycles. The second-order valence-corrected chi connectivity index (χ2v) is 6.04. The summed E-state index contributed by atoms with van der Waals surface area (Å²) in [6, 6.07) is 13.5. The Morgan fingerprint density at radius 3 is 2.53 bits per heavy atom. The summed E-state index contributed by atoms with van der Waals surface area (Å²) in [6.45, 7) is 1.50. The van der Waals surface area contributed by atoms with Crippen LogP contribution in [-0.2, 0) is 20.9 Å². The Morgan fingerprint density at radius 1 is 1.07 bits per heavy atom. The van der Waals surface area contributed by atoms with Crippen molar-refractivity contribution in [3.8, 4) is 11.5 Å². The SMILES string of the molecule is CCOc1ccc2nc(COC(=O)COc3ccccc3)c(C(=O)OC)[n+]([O-])c2c1. The van der Waals surface area contributed by atoms with Gasteiger partial charge in [-0.15, -0.1) is 0 Å². The normalized spacial score (nSPS) is 10.5. The first kappa shape index (κ1) is 20.8. The van der Waals surface area contributed by atoms with E-state index in [1.54, 1.807) is 36.4 Å². The molecule has 30 heavy (non-hydrogen) atoms. The highest BCUT2D eigenvalue weighted by Crippen LogP contribution is 2.19. The molecule has 0 fully saturated rings. The topological polar surface area (TPSA) is 111 Å². The van der Waals surface area contributed by atoms with Crippen molar-refractivity contribution in [3.63, 3.8) is 0 Å². The van der Waals surface area contributed by atoms with Gasteiger partial charge in [0.25, 0.3) is 0 Å². The summed E-state index contributed by atoms with van der Waals surface area (Å²) in [5, 5.41) is 12.8. The maximum atomic E-state index is 12.8. The Labute approximate surface area is 172 Å². The number of nitrogens with zero attached hydrogens (tertiary/aromatic N) is 2. The van der Waals surface area contributed by atoms with Crippen LogP contribution in [0.3, 0.4) is 0 Å². The summed E-state index contributed by atoms with van der Waals surface area (Å²) in [7, 11) is 1.15. The zero-order valence-electron chi connectivity index (χ0n) is 16.5. The number of hydrogen-bond acceptors (Lipinski definition) is 8. The van der Waals surface area contributed by atoms with Gasteiger partial charge in [0.15, 0.2) is 12.3 Å². The van der Waals surface area contributed by atoms with E-state index in [1.165, 1.54) is 6.07 Å². The summed E-state index contributed by atoms with van der Waals surface area (Å²) in [6.07, 6.45) is 0. The number of methoxy groups -OCH3 is 1. The number of aromatic nitrogens is 2. The van der Waals surface area contributed by atoms with Crippen LogP contribution in [0.5, 0.6) is 11.5 Å². The van der Waals surface area contributed by atoms with Crippen molar-refractivity contribution in [2.24, 2.45) is 0 Å². The first-order valence-corrected chi connectivity index (χ1v) is 9.14. The van der Waals surface area contributed by atoms with E-state index in [0.717, 1.165) is 7.11 Å². The van der Waals surface area contributed by atoms with E-state index in [0.29, 0.717) is 28.4 Å². The third-order valence-electron chi connectivity index (χ3n) is 4.06. The van der Waals surface area contributed by atoms with Gasteiger partial charge in [-0.2, -0.15) is 4.73 Å². The van der Waals surface area contributed by atoms with Crippen LogP contribution in [0.25, 0.3) is 11.0 Å². The molecule has 2 aromatic carbocycles. The maximum Gasteiger partial charge on any atom is 0.406 e. The molecule has 3 aromatic rings. The number of benzene rings is 2. The average molecular weight is 412 g/mol. The van der Waals surface area contributed by atoms with E-state index in [9.17, 15) is 14.8 Å². The van der Waals surface area contributed by atoms with Crippen LogP contribution in [0.2, 0.25) is 0 Å². The van der Waals surface area contributed by atoms with E-state index in [1.807, 2.05) is 13.0 Å².